The van der Waals surface area contributed by atoms with Gasteiger partial charge in [0.2, 0.25) is 0 Å². The lowest BCUT2D eigenvalue weighted by atomic mass is 10.0. The number of aromatic nitrogens is 1. The summed E-state index contributed by atoms with van der Waals surface area (Å²) in [6, 6.07) is 12.5. The van der Waals surface area contributed by atoms with Gasteiger partial charge in [-0.25, -0.2) is 13.8 Å². The summed E-state index contributed by atoms with van der Waals surface area (Å²) in [6.07, 6.45) is -3.97. The van der Waals surface area contributed by atoms with E-state index in [0.717, 1.165) is 24.3 Å². The van der Waals surface area contributed by atoms with Gasteiger partial charge in [-0.3, -0.25) is 10.1 Å². The first-order chi connectivity index (χ1) is 13.2. The first-order valence-corrected chi connectivity index (χ1v) is 7.92. The number of aromatic hydroxyl groups is 1. The Balaban J connectivity index is 2.27. The molecule has 28 heavy (non-hydrogen) atoms. The molecule has 0 saturated carbocycles. The van der Waals surface area contributed by atoms with Crippen molar-refractivity contribution in [1.29, 1.82) is 0 Å². The van der Waals surface area contributed by atoms with Crippen LogP contribution in [0.2, 0.25) is 0 Å². The minimum Gasteiger partial charge on any atom is -0.507 e. The molecule has 0 unspecified atom stereocenters. The van der Waals surface area contributed by atoms with E-state index in [-0.39, 0.29) is 17.0 Å². The van der Waals surface area contributed by atoms with Gasteiger partial charge in [0, 0.05) is 28.8 Å². The Morgan fingerprint density at radius 1 is 1.00 bits per heavy atom. The van der Waals surface area contributed by atoms with Gasteiger partial charge in [0.15, 0.2) is 0 Å². The molecule has 0 amide bonds. The monoisotopic (exact) mass is 392 g/mol. The average molecular weight is 392 g/mol. The summed E-state index contributed by atoms with van der Waals surface area (Å²) in [6.45, 7) is 0. The number of halogens is 4. The van der Waals surface area contributed by atoms with Crippen molar-refractivity contribution in [2.24, 2.45) is 0 Å². The van der Waals surface area contributed by atoms with Crippen molar-refractivity contribution in [2.75, 3.05) is 0 Å². The topological polar surface area (TPSA) is 76.3 Å². The Morgan fingerprint density at radius 3 is 2.25 bits per heavy atom. The number of hydrogen-bond donors (Lipinski definition) is 1. The van der Waals surface area contributed by atoms with Gasteiger partial charge < -0.3 is 5.11 Å². The molecule has 1 N–H and O–H groups in total. The van der Waals surface area contributed by atoms with Gasteiger partial charge in [0.05, 0.1) is 16.3 Å². The van der Waals surface area contributed by atoms with Crippen molar-refractivity contribution in [3.05, 3.63) is 76.3 Å². The van der Waals surface area contributed by atoms with Crippen LogP contribution in [-0.2, 0) is 5.92 Å². The molecule has 0 fully saturated rings. The van der Waals surface area contributed by atoms with E-state index in [2.05, 4.69) is 4.98 Å². The lowest BCUT2D eigenvalue weighted by Gasteiger charge is -2.18. The van der Waals surface area contributed by atoms with Crippen LogP contribution in [-0.4, -0.2) is 21.4 Å². The summed E-state index contributed by atoms with van der Waals surface area (Å²) in [4.78, 5) is 14.4. The largest absolute Gasteiger partial charge is 0.507 e. The van der Waals surface area contributed by atoms with E-state index in [9.17, 15) is 32.8 Å². The fraction of sp³-hybridized carbons (Fsp3) is 0.105. The highest BCUT2D eigenvalue weighted by Crippen LogP contribution is 2.40. The van der Waals surface area contributed by atoms with E-state index in [4.69, 9.17) is 0 Å². The van der Waals surface area contributed by atoms with E-state index < -0.39 is 34.3 Å². The zero-order valence-electron chi connectivity index (χ0n) is 14.0. The summed E-state index contributed by atoms with van der Waals surface area (Å²) in [5.41, 5.74) is -1.62. The molecule has 0 aliphatic carbocycles. The van der Waals surface area contributed by atoms with Gasteiger partial charge in [0.1, 0.15) is 5.75 Å². The summed E-state index contributed by atoms with van der Waals surface area (Å²) in [7, 11) is 0. The quantitative estimate of drug-likeness (QED) is 0.359. The molecule has 0 bridgehead atoms. The Kier molecular flexibility index (Phi) is 5.00. The van der Waals surface area contributed by atoms with Gasteiger partial charge in [-0.15, -0.1) is 0 Å². The number of nitro benzene ring substituents is 1. The van der Waals surface area contributed by atoms with E-state index >= 15 is 0 Å². The molecule has 3 rings (SSSR count). The van der Waals surface area contributed by atoms with Crippen LogP contribution < -0.4 is 0 Å². The lowest BCUT2D eigenvalue weighted by molar-refractivity contribution is -0.384. The minimum atomic E-state index is -4.47. The Morgan fingerprint density at radius 2 is 1.64 bits per heavy atom. The van der Waals surface area contributed by atoms with Crippen LogP contribution in [0.3, 0.4) is 0 Å². The van der Waals surface area contributed by atoms with Crippen molar-refractivity contribution in [3.8, 4) is 28.3 Å². The molecule has 1 aromatic heterocycles. The van der Waals surface area contributed by atoms with Gasteiger partial charge in [-0.05, 0) is 18.2 Å². The highest BCUT2D eigenvalue weighted by Gasteiger charge is 2.43. The maximum Gasteiger partial charge on any atom is 0.332 e. The van der Waals surface area contributed by atoms with Gasteiger partial charge in [-0.1, -0.05) is 30.3 Å². The molecular weight excluding hydrogens is 380 g/mol. The van der Waals surface area contributed by atoms with Crippen molar-refractivity contribution >= 4 is 5.69 Å². The molecule has 0 aliphatic rings. The van der Waals surface area contributed by atoms with Gasteiger partial charge >= 0.3 is 12.3 Å². The van der Waals surface area contributed by atoms with Gasteiger partial charge in [0.25, 0.3) is 5.69 Å². The Labute approximate surface area is 156 Å². The Hall–Kier alpha value is -3.49. The van der Waals surface area contributed by atoms with Crippen LogP contribution in [0.5, 0.6) is 5.75 Å². The molecule has 9 heteroatoms. The average Bonchev–Trinajstić information content (AvgIpc) is 2.68. The highest BCUT2D eigenvalue weighted by atomic mass is 19.3. The molecule has 5 nitrogen and oxygen atoms in total. The smallest absolute Gasteiger partial charge is 0.332 e. The predicted octanol–water partition coefficient (Wildman–Crippen LogP) is 5.39. The number of phenolic OH excluding ortho intramolecular Hbond substituents is 1. The zero-order chi connectivity index (χ0) is 20.5. The van der Waals surface area contributed by atoms with Crippen LogP contribution in [0.25, 0.3) is 22.5 Å². The second-order valence-corrected chi connectivity index (χ2v) is 5.87. The highest BCUT2D eigenvalue weighted by molar-refractivity contribution is 5.73. The number of nitrogens with zero attached hydrogens (tertiary/aromatic N) is 2. The molecule has 0 aliphatic heterocycles. The normalized spacial score (nSPS) is 11.6. The van der Waals surface area contributed by atoms with Crippen molar-refractivity contribution < 1.29 is 27.6 Å². The maximum atomic E-state index is 14.0. The molecule has 144 valence electrons. The molecular formula is C19H12F4N2O3. The first kappa shape index (κ1) is 19.3. The molecule has 1 heterocycles. The predicted molar refractivity (Wildman–Crippen MR) is 93.3 cm³/mol. The number of nitro groups is 1. The van der Waals surface area contributed by atoms with E-state index in [1.54, 1.807) is 30.3 Å². The zero-order valence-corrected chi connectivity index (χ0v) is 14.0. The number of alkyl halides is 4. The minimum absolute atomic E-state index is 0.0423. The van der Waals surface area contributed by atoms with Crippen molar-refractivity contribution in [3.63, 3.8) is 0 Å². The molecule has 0 spiro atoms. The summed E-state index contributed by atoms with van der Waals surface area (Å²) in [5, 5.41) is 21.0. The number of pyridine rings is 1. The Bertz CT molecular complexity index is 1030. The maximum absolute atomic E-state index is 14.0. The fourth-order valence-corrected chi connectivity index (χ4v) is 2.59. The lowest BCUT2D eigenvalue weighted by Crippen LogP contribution is -2.23. The number of rotatable bonds is 5. The number of benzene rings is 2. The number of phenols is 1. The second-order valence-electron chi connectivity index (χ2n) is 5.87. The van der Waals surface area contributed by atoms with E-state index in [1.165, 1.54) is 0 Å². The third-order valence-corrected chi connectivity index (χ3v) is 4.02. The molecule has 0 saturated heterocycles. The second kappa shape index (κ2) is 7.26. The van der Waals surface area contributed by atoms with Gasteiger partial charge in [-0.2, -0.15) is 8.78 Å². The molecule has 0 radical (unpaired) electrons. The van der Waals surface area contributed by atoms with Crippen LogP contribution in [0.1, 0.15) is 5.56 Å². The summed E-state index contributed by atoms with van der Waals surface area (Å²) >= 11 is 0. The van der Waals surface area contributed by atoms with E-state index in [1.807, 2.05) is 0 Å². The van der Waals surface area contributed by atoms with Crippen LogP contribution in [0, 0.1) is 10.1 Å². The number of non-ortho nitro benzene ring substituents is 1. The van der Waals surface area contributed by atoms with Crippen LogP contribution in [0.15, 0.2) is 60.7 Å². The van der Waals surface area contributed by atoms with E-state index in [0.29, 0.717) is 11.6 Å². The third kappa shape index (κ3) is 3.64. The first-order valence-electron chi connectivity index (χ1n) is 7.92. The number of hydrogen-bond acceptors (Lipinski definition) is 4. The summed E-state index contributed by atoms with van der Waals surface area (Å²) < 4.78 is 53.9. The van der Waals surface area contributed by atoms with Crippen molar-refractivity contribution in [2.45, 2.75) is 12.3 Å². The van der Waals surface area contributed by atoms with Crippen molar-refractivity contribution in [1.82, 2.24) is 4.98 Å². The van der Waals surface area contributed by atoms with Crippen LogP contribution >= 0.6 is 0 Å². The molecule has 3 aromatic rings. The molecule has 0 atom stereocenters. The van der Waals surface area contributed by atoms with Crippen LogP contribution in [0.4, 0.5) is 23.2 Å². The summed E-state index contributed by atoms with van der Waals surface area (Å²) in [5.74, 6) is -4.94. The SMILES string of the molecule is O=[N+]([O-])c1ccc(O)c(-c2cc(C(F)(F)C(F)F)cc(-c3ccccc3)n2)c1. The third-order valence-electron chi connectivity index (χ3n) is 4.02. The fourth-order valence-electron chi connectivity index (χ4n) is 2.59. The standard InChI is InChI=1S/C19H12F4N2O3/c20-18(21)19(22,23)12-8-15(11-4-2-1-3-5-11)24-16(9-12)14-10-13(25(27)28)6-7-17(14)26/h1-10,18,26H. The molecule has 2 aromatic carbocycles.